The Balaban J connectivity index is 1.91. The zero-order chi connectivity index (χ0) is 14.1. The van der Waals surface area contributed by atoms with E-state index >= 15 is 0 Å². The normalized spacial score (nSPS) is 10.9. The Hall–Kier alpha value is -1.77. The van der Waals surface area contributed by atoms with E-state index in [4.69, 9.17) is 23.2 Å². The van der Waals surface area contributed by atoms with Crippen molar-refractivity contribution in [1.82, 2.24) is 4.98 Å². The summed E-state index contributed by atoms with van der Waals surface area (Å²) in [7, 11) is 0. The Bertz CT molecular complexity index is 775. The Kier molecular flexibility index (Phi) is 3.51. The van der Waals surface area contributed by atoms with Crippen molar-refractivity contribution >= 4 is 39.9 Å². The lowest BCUT2D eigenvalue weighted by atomic mass is 10.0. The number of hydrogen-bond acceptors (Lipinski definition) is 1. The molecule has 1 heterocycles. The number of fused-ring (bicyclic) bond motifs is 1. The maximum atomic E-state index is 12.4. The number of rotatable bonds is 3. The van der Waals surface area contributed by atoms with Crippen LogP contribution >= 0.6 is 23.2 Å². The second kappa shape index (κ2) is 5.31. The van der Waals surface area contributed by atoms with Crippen LogP contribution in [0, 0.1) is 0 Å². The smallest absolute Gasteiger partial charge is 0.169 e. The fourth-order valence-corrected chi connectivity index (χ4v) is 2.51. The van der Waals surface area contributed by atoms with Crippen LogP contribution in [0.25, 0.3) is 10.9 Å². The second-order valence-corrected chi connectivity index (χ2v) is 5.49. The molecule has 2 aromatic carbocycles. The van der Waals surface area contributed by atoms with Crippen LogP contribution in [0.4, 0.5) is 0 Å². The summed E-state index contributed by atoms with van der Waals surface area (Å²) < 4.78 is 0. The summed E-state index contributed by atoms with van der Waals surface area (Å²) >= 11 is 11.8. The topological polar surface area (TPSA) is 32.9 Å². The van der Waals surface area contributed by atoms with E-state index in [2.05, 4.69) is 4.98 Å². The molecule has 0 bridgehead atoms. The first-order chi connectivity index (χ1) is 9.63. The van der Waals surface area contributed by atoms with Crippen molar-refractivity contribution in [2.24, 2.45) is 0 Å². The van der Waals surface area contributed by atoms with Gasteiger partial charge in [0.15, 0.2) is 5.78 Å². The van der Waals surface area contributed by atoms with Gasteiger partial charge < -0.3 is 4.98 Å². The van der Waals surface area contributed by atoms with Crippen molar-refractivity contribution in [3.63, 3.8) is 0 Å². The molecule has 0 unspecified atom stereocenters. The third-order valence-corrected chi connectivity index (χ3v) is 3.71. The molecular weight excluding hydrogens is 293 g/mol. The van der Waals surface area contributed by atoms with E-state index in [0.29, 0.717) is 22.0 Å². The molecule has 0 spiro atoms. The van der Waals surface area contributed by atoms with Gasteiger partial charge >= 0.3 is 0 Å². The summed E-state index contributed by atoms with van der Waals surface area (Å²) in [6.07, 6.45) is 2.09. The van der Waals surface area contributed by atoms with Crippen LogP contribution in [0.1, 0.15) is 15.9 Å². The molecule has 0 radical (unpaired) electrons. The maximum absolute atomic E-state index is 12.4. The first-order valence-corrected chi connectivity index (χ1v) is 6.93. The first-order valence-electron chi connectivity index (χ1n) is 6.18. The highest BCUT2D eigenvalue weighted by molar-refractivity contribution is 6.31. The number of carbonyl (C=O) groups is 1. The van der Waals surface area contributed by atoms with Gasteiger partial charge in [0.05, 0.1) is 0 Å². The zero-order valence-electron chi connectivity index (χ0n) is 10.5. The third kappa shape index (κ3) is 2.58. The summed E-state index contributed by atoms with van der Waals surface area (Å²) in [6.45, 7) is 0. The van der Waals surface area contributed by atoms with Crippen molar-refractivity contribution in [3.05, 3.63) is 69.8 Å². The second-order valence-electron chi connectivity index (χ2n) is 4.62. The molecule has 3 rings (SSSR count). The SMILES string of the molecule is O=C(Cc1ccc(Cl)cc1)c1c[nH]c2cc(Cl)ccc12. The van der Waals surface area contributed by atoms with Gasteiger partial charge in [-0.2, -0.15) is 0 Å². The number of aromatic amines is 1. The number of carbonyl (C=O) groups excluding carboxylic acids is 1. The Morgan fingerprint density at radius 1 is 1.00 bits per heavy atom. The van der Waals surface area contributed by atoms with Crippen molar-refractivity contribution in [3.8, 4) is 0 Å². The van der Waals surface area contributed by atoms with Gasteiger partial charge in [-0.1, -0.05) is 41.4 Å². The first kappa shape index (κ1) is 13.2. The van der Waals surface area contributed by atoms with Gasteiger partial charge in [0, 0.05) is 39.1 Å². The fourth-order valence-electron chi connectivity index (χ4n) is 2.21. The van der Waals surface area contributed by atoms with Gasteiger partial charge in [-0.15, -0.1) is 0 Å². The van der Waals surface area contributed by atoms with Gasteiger partial charge in [-0.25, -0.2) is 0 Å². The lowest BCUT2D eigenvalue weighted by Crippen LogP contribution is -2.02. The summed E-state index contributed by atoms with van der Waals surface area (Å²) in [4.78, 5) is 15.5. The number of nitrogens with one attached hydrogen (secondary N) is 1. The van der Waals surface area contributed by atoms with Crippen LogP contribution in [0.15, 0.2) is 48.7 Å². The van der Waals surface area contributed by atoms with Crippen LogP contribution in [-0.2, 0) is 6.42 Å². The summed E-state index contributed by atoms with van der Waals surface area (Å²) in [5.74, 6) is 0.0703. The molecule has 0 aliphatic rings. The summed E-state index contributed by atoms with van der Waals surface area (Å²) in [6, 6.07) is 12.8. The molecule has 0 aliphatic heterocycles. The van der Waals surface area contributed by atoms with Gasteiger partial charge in [-0.3, -0.25) is 4.79 Å². The fraction of sp³-hybridized carbons (Fsp3) is 0.0625. The van der Waals surface area contributed by atoms with Crippen molar-refractivity contribution in [2.45, 2.75) is 6.42 Å². The molecule has 1 N–H and O–H groups in total. The van der Waals surface area contributed by atoms with E-state index in [9.17, 15) is 4.79 Å². The molecule has 20 heavy (non-hydrogen) atoms. The molecule has 0 saturated heterocycles. The van der Waals surface area contributed by atoms with E-state index in [1.165, 1.54) is 0 Å². The minimum Gasteiger partial charge on any atom is -0.360 e. The largest absolute Gasteiger partial charge is 0.360 e. The Labute approximate surface area is 126 Å². The minimum absolute atomic E-state index is 0.0703. The van der Waals surface area contributed by atoms with Gasteiger partial charge in [0.2, 0.25) is 0 Å². The molecule has 2 nitrogen and oxygen atoms in total. The van der Waals surface area contributed by atoms with Crippen LogP contribution in [-0.4, -0.2) is 10.8 Å². The lowest BCUT2D eigenvalue weighted by molar-refractivity contribution is 0.0994. The average Bonchev–Trinajstić information content (AvgIpc) is 2.84. The van der Waals surface area contributed by atoms with E-state index in [1.807, 2.05) is 24.3 Å². The molecule has 3 aromatic rings. The summed E-state index contributed by atoms with van der Waals surface area (Å²) in [5, 5.41) is 2.22. The summed E-state index contributed by atoms with van der Waals surface area (Å²) in [5.41, 5.74) is 2.51. The van der Waals surface area contributed by atoms with Gasteiger partial charge in [0.1, 0.15) is 0 Å². The van der Waals surface area contributed by atoms with Crippen molar-refractivity contribution < 1.29 is 4.79 Å². The molecule has 100 valence electrons. The zero-order valence-corrected chi connectivity index (χ0v) is 12.0. The van der Waals surface area contributed by atoms with Gasteiger partial charge in [0.25, 0.3) is 0 Å². The molecule has 4 heteroatoms. The van der Waals surface area contributed by atoms with Crippen LogP contribution in [0.3, 0.4) is 0 Å². The van der Waals surface area contributed by atoms with E-state index in [1.54, 1.807) is 24.4 Å². The maximum Gasteiger partial charge on any atom is 0.169 e. The number of ketones is 1. The molecule has 0 atom stereocenters. The molecule has 0 amide bonds. The lowest BCUT2D eigenvalue weighted by Gasteiger charge is -2.01. The van der Waals surface area contributed by atoms with E-state index in [-0.39, 0.29) is 5.78 Å². The highest BCUT2D eigenvalue weighted by atomic mass is 35.5. The minimum atomic E-state index is 0.0703. The predicted octanol–water partition coefficient (Wildman–Crippen LogP) is 4.90. The standard InChI is InChI=1S/C16H11Cl2NO/c17-11-3-1-10(2-4-11)7-16(20)14-9-19-15-8-12(18)5-6-13(14)15/h1-6,8-9,19H,7H2. The molecule has 1 aromatic heterocycles. The Morgan fingerprint density at radius 2 is 1.70 bits per heavy atom. The number of benzene rings is 2. The van der Waals surface area contributed by atoms with E-state index in [0.717, 1.165) is 16.5 Å². The van der Waals surface area contributed by atoms with Crippen molar-refractivity contribution in [1.29, 1.82) is 0 Å². The Morgan fingerprint density at radius 3 is 2.45 bits per heavy atom. The molecular formula is C16H11Cl2NO. The number of H-pyrrole nitrogens is 1. The van der Waals surface area contributed by atoms with Crippen LogP contribution in [0.2, 0.25) is 10.0 Å². The average molecular weight is 304 g/mol. The van der Waals surface area contributed by atoms with E-state index < -0.39 is 0 Å². The van der Waals surface area contributed by atoms with Crippen molar-refractivity contribution in [2.75, 3.05) is 0 Å². The van der Waals surface area contributed by atoms with Crippen LogP contribution < -0.4 is 0 Å². The molecule has 0 fully saturated rings. The quantitative estimate of drug-likeness (QED) is 0.686. The number of aromatic nitrogens is 1. The monoisotopic (exact) mass is 303 g/mol. The molecule has 0 saturated carbocycles. The highest BCUT2D eigenvalue weighted by Gasteiger charge is 2.12. The number of Topliss-reactive ketones (excluding diaryl/α,β-unsaturated/α-hetero) is 1. The van der Waals surface area contributed by atoms with Gasteiger partial charge in [-0.05, 0) is 29.8 Å². The van der Waals surface area contributed by atoms with Crippen LogP contribution in [0.5, 0.6) is 0 Å². The highest BCUT2D eigenvalue weighted by Crippen LogP contribution is 2.23. The number of halogens is 2. The molecule has 0 aliphatic carbocycles. The number of hydrogen-bond donors (Lipinski definition) is 1. The third-order valence-electron chi connectivity index (χ3n) is 3.22. The predicted molar refractivity (Wildman–Crippen MR) is 82.8 cm³/mol.